The molecule has 0 saturated carbocycles. The van der Waals surface area contributed by atoms with E-state index in [2.05, 4.69) is 5.32 Å². The Labute approximate surface area is 246 Å². The lowest BCUT2D eigenvalue weighted by molar-refractivity contribution is -0.348. The summed E-state index contributed by atoms with van der Waals surface area (Å²) in [7, 11) is 0. The van der Waals surface area contributed by atoms with Crippen LogP contribution in [-0.4, -0.2) is 35.0 Å². The van der Waals surface area contributed by atoms with Gasteiger partial charge < -0.3 is 5.32 Å². The van der Waals surface area contributed by atoms with Gasteiger partial charge in [0.1, 0.15) is 0 Å². The summed E-state index contributed by atoms with van der Waals surface area (Å²) in [5.74, 6) is -1.65. The molecule has 0 aromatic heterocycles. The number of fused-ring (bicyclic) bond motifs is 2. The summed E-state index contributed by atoms with van der Waals surface area (Å²) in [6, 6.07) is 17.0. The molecule has 1 aliphatic rings. The van der Waals surface area contributed by atoms with E-state index in [0.717, 1.165) is 4.90 Å². The van der Waals surface area contributed by atoms with Crippen LogP contribution in [0.4, 0.5) is 36.4 Å². The molecule has 228 valence electrons. The van der Waals surface area contributed by atoms with Crippen molar-refractivity contribution in [3.05, 3.63) is 112 Å². The third-order valence-corrected chi connectivity index (χ3v) is 7.68. The Morgan fingerprint density at radius 3 is 1.84 bits per heavy atom. The SMILES string of the molecule is CCc1cc(C(F)(C(F)(F)F)C(F)(F)F)cc(C)c1NC(=O)c1ccc(CN2C(=O)c3ccccc3C2=O)c2ccccc12. The maximum atomic E-state index is 14.8. The number of nitrogens with zero attached hydrogens (tertiary/aromatic N) is 1. The molecule has 3 amide bonds. The van der Waals surface area contributed by atoms with Gasteiger partial charge in [-0.05, 0) is 65.1 Å². The van der Waals surface area contributed by atoms with E-state index in [-0.39, 0.29) is 46.5 Å². The fraction of sp³-hybridized carbons (Fsp3) is 0.219. The van der Waals surface area contributed by atoms with Crippen molar-refractivity contribution in [2.75, 3.05) is 5.32 Å². The fourth-order valence-corrected chi connectivity index (χ4v) is 5.44. The van der Waals surface area contributed by atoms with E-state index in [1.165, 1.54) is 19.9 Å². The third-order valence-electron chi connectivity index (χ3n) is 7.68. The van der Waals surface area contributed by atoms with Crippen molar-refractivity contribution in [2.45, 2.75) is 44.8 Å². The summed E-state index contributed by atoms with van der Waals surface area (Å²) in [5.41, 5.74) is -6.39. The molecule has 4 aromatic carbocycles. The van der Waals surface area contributed by atoms with Gasteiger partial charge in [0.25, 0.3) is 17.7 Å². The van der Waals surface area contributed by atoms with E-state index in [9.17, 15) is 45.1 Å². The molecule has 0 fully saturated rings. The third kappa shape index (κ3) is 4.87. The number of hydrogen-bond acceptors (Lipinski definition) is 3. The molecule has 4 aromatic rings. The largest absolute Gasteiger partial charge is 0.435 e. The zero-order valence-corrected chi connectivity index (χ0v) is 23.2. The van der Waals surface area contributed by atoms with Gasteiger partial charge in [-0.15, -0.1) is 0 Å². The average Bonchev–Trinajstić information content (AvgIpc) is 3.21. The summed E-state index contributed by atoms with van der Waals surface area (Å²) in [6.07, 6.45) is -12.7. The first-order valence-corrected chi connectivity index (χ1v) is 13.3. The van der Waals surface area contributed by atoms with E-state index in [0.29, 0.717) is 28.5 Å². The highest BCUT2D eigenvalue weighted by Crippen LogP contribution is 2.54. The molecule has 12 heteroatoms. The maximum Gasteiger partial charge on any atom is 0.435 e. The minimum absolute atomic E-state index is 0.0490. The molecular weight excluding hydrogens is 593 g/mol. The number of imide groups is 1. The van der Waals surface area contributed by atoms with Crippen LogP contribution in [0, 0.1) is 6.92 Å². The van der Waals surface area contributed by atoms with Crippen molar-refractivity contribution in [1.29, 1.82) is 0 Å². The summed E-state index contributed by atoms with van der Waals surface area (Å²) in [4.78, 5) is 40.4. The molecule has 5 rings (SSSR count). The van der Waals surface area contributed by atoms with Crippen LogP contribution in [0.2, 0.25) is 0 Å². The van der Waals surface area contributed by atoms with Gasteiger partial charge in [-0.3, -0.25) is 19.3 Å². The second kappa shape index (κ2) is 10.8. The molecular formula is C32H23F7N2O3. The van der Waals surface area contributed by atoms with E-state index < -0.39 is 41.3 Å². The number of carbonyl (C=O) groups is 3. The van der Waals surface area contributed by atoms with Gasteiger partial charge in [-0.2, -0.15) is 26.3 Å². The van der Waals surface area contributed by atoms with Crippen LogP contribution in [0.25, 0.3) is 10.8 Å². The average molecular weight is 617 g/mol. The molecule has 5 nitrogen and oxygen atoms in total. The van der Waals surface area contributed by atoms with E-state index >= 15 is 0 Å². The second-order valence-corrected chi connectivity index (χ2v) is 10.3. The van der Waals surface area contributed by atoms with Crippen molar-refractivity contribution >= 4 is 34.2 Å². The van der Waals surface area contributed by atoms with Gasteiger partial charge in [0.05, 0.1) is 17.7 Å². The van der Waals surface area contributed by atoms with E-state index in [4.69, 9.17) is 0 Å². The van der Waals surface area contributed by atoms with Crippen molar-refractivity contribution in [1.82, 2.24) is 4.90 Å². The van der Waals surface area contributed by atoms with Crippen LogP contribution in [-0.2, 0) is 18.6 Å². The van der Waals surface area contributed by atoms with Crippen LogP contribution < -0.4 is 5.32 Å². The number of alkyl halides is 7. The van der Waals surface area contributed by atoms with Crippen LogP contribution in [0.5, 0.6) is 0 Å². The Hall–Kier alpha value is -4.74. The normalized spacial score (nSPS) is 13.9. The quantitative estimate of drug-likeness (QED) is 0.176. The first-order chi connectivity index (χ1) is 20.6. The summed E-state index contributed by atoms with van der Waals surface area (Å²) in [5, 5.41) is 3.53. The van der Waals surface area contributed by atoms with E-state index in [1.54, 1.807) is 54.6 Å². The summed E-state index contributed by atoms with van der Waals surface area (Å²) >= 11 is 0. The van der Waals surface area contributed by atoms with Gasteiger partial charge >= 0.3 is 18.0 Å². The lowest BCUT2D eigenvalue weighted by atomic mass is 9.89. The van der Waals surface area contributed by atoms with Crippen molar-refractivity contribution < 1.29 is 45.1 Å². The van der Waals surface area contributed by atoms with Crippen LogP contribution in [0.15, 0.2) is 72.8 Å². The van der Waals surface area contributed by atoms with Gasteiger partial charge in [0, 0.05) is 16.8 Å². The number of anilines is 1. The van der Waals surface area contributed by atoms with Gasteiger partial charge in [0.2, 0.25) is 0 Å². The Kier molecular flexibility index (Phi) is 7.51. The standard InChI is InChI=1S/C32H23F7N2O3/c1-3-18-15-20(30(33,31(34,35)36)32(37,38)39)14-17(2)26(18)40-27(42)23-13-12-19(21-8-4-5-9-22(21)23)16-41-28(43)24-10-6-7-11-25(24)29(41)44/h4-15H,3,16H2,1-2H3,(H,40,42). The van der Waals surface area contributed by atoms with Crippen molar-refractivity contribution in [3.63, 3.8) is 0 Å². The molecule has 0 bridgehead atoms. The first-order valence-electron chi connectivity index (χ1n) is 13.3. The van der Waals surface area contributed by atoms with Gasteiger partial charge in [-0.1, -0.05) is 55.5 Å². The summed E-state index contributed by atoms with van der Waals surface area (Å²) in [6.45, 7) is 2.53. The zero-order chi connectivity index (χ0) is 32.2. The fourth-order valence-electron chi connectivity index (χ4n) is 5.44. The number of amides is 3. The highest BCUT2D eigenvalue weighted by atomic mass is 19.4. The molecule has 0 aliphatic carbocycles. The molecule has 0 saturated heterocycles. The predicted octanol–water partition coefficient (Wildman–Crippen LogP) is 8.05. The van der Waals surface area contributed by atoms with Crippen LogP contribution in [0.1, 0.15) is 60.3 Å². The molecule has 1 N–H and O–H groups in total. The minimum Gasteiger partial charge on any atom is -0.321 e. The Morgan fingerprint density at radius 2 is 1.30 bits per heavy atom. The molecule has 44 heavy (non-hydrogen) atoms. The molecule has 0 atom stereocenters. The zero-order valence-electron chi connectivity index (χ0n) is 23.2. The van der Waals surface area contributed by atoms with Gasteiger partial charge in [-0.25, -0.2) is 4.39 Å². The second-order valence-electron chi connectivity index (χ2n) is 10.3. The number of aryl methyl sites for hydroxylation is 2. The minimum atomic E-state index is -6.28. The number of benzene rings is 4. The number of nitrogens with one attached hydrogen (secondary N) is 1. The first kappa shape index (κ1) is 30.7. The van der Waals surface area contributed by atoms with Gasteiger partial charge in [0.15, 0.2) is 0 Å². The Morgan fingerprint density at radius 1 is 0.750 bits per heavy atom. The summed E-state index contributed by atoms with van der Waals surface area (Å²) < 4.78 is 95.2. The molecule has 0 spiro atoms. The number of halogens is 7. The Balaban J connectivity index is 1.49. The van der Waals surface area contributed by atoms with Crippen molar-refractivity contribution in [2.24, 2.45) is 0 Å². The lowest BCUT2D eigenvalue weighted by Crippen LogP contribution is -2.50. The number of rotatable bonds is 6. The lowest BCUT2D eigenvalue weighted by Gasteiger charge is -2.31. The molecule has 1 heterocycles. The maximum absolute atomic E-state index is 14.8. The highest BCUT2D eigenvalue weighted by molar-refractivity contribution is 6.21. The van der Waals surface area contributed by atoms with E-state index in [1.807, 2.05) is 0 Å². The van der Waals surface area contributed by atoms with Crippen LogP contribution in [0.3, 0.4) is 0 Å². The molecule has 1 aliphatic heterocycles. The molecule has 0 radical (unpaired) electrons. The number of carbonyl (C=O) groups excluding carboxylic acids is 3. The monoisotopic (exact) mass is 616 g/mol. The topological polar surface area (TPSA) is 66.5 Å². The smallest absolute Gasteiger partial charge is 0.321 e. The predicted molar refractivity (Wildman–Crippen MR) is 148 cm³/mol. The Bertz CT molecular complexity index is 1780. The highest BCUT2D eigenvalue weighted by Gasteiger charge is 2.73. The van der Waals surface area contributed by atoms with Crippen molar-refractivity contribution in [3.8, 4) is 0 Å². The van der Waals surface area contributed by atoms with Crippen LogP contribution >= 0.6 is 0 Å². The molecule has 0 unspecified atom stereocenters. The number of hydrogen-bond donors (Lipinski definition) is 1.